The highest BCUT2D eigenvalue weighted by Crippen LogP contribution is 2.29. The van der Waals surface area contributed by atoms with Gasteiger partial charge in [0.05, 0.1) is 7.11 Å². The second-order valence-corrected chi connectivity index (χ2v) is 3.94. The Morgan fingerprint density at radius 3 is 2.53 bits per heavy atom. The van der Waals surface area contributed by atoms with Crippen molar-refractivity contribution in [2.24, 2.45) is 0 Å². The number of piperidine rings is 1. The highest BCUT2D eigenvalue weighted by Gasteiger charge is 2.12. The Kier molecular flexibility index (Phi) is 2.99. The summed E-state index contributed by atoms with van der Waals surface area (Å²) in [5, 5.41) is 9.55. The van der Waals surface area contributed by atoms with Crippen LogP contribution in [0.5, 0.6) is 11.5 Å². The van der Waals surface area contributed by atoms with Crippen molar-refractivity contribution in [3.05, 3.63) is 18.2 Å². The van der Waals surface area contributed by atoms with Crippen molar-refractivity contribution in [1.29, 1.82) is 0 Å². The number of ether oxygens (including phenoxy) is 1. The predicted octanol–water partition coefficient (Wildman–Crippen LogP) is 2.39. The lowest BCUT2D eigenvalue weighted by Gasteiger charge is -2.29. The number of phenols is 1. The van der Waals surface area contributed by atoms with Gasteiger partial charge in [-0.25, -0.2) is 0 Å². The molecule has 0 radical (unpaired) electrons. The van der Waals surface area contributed by atoms with E-state index in [-0.39, 0.29) is 5.75 Å². The van der Waals surface area contributed by atoms with Crippen LogP contribution in [-0.2, 0) is 0 Å². The predicted molar refractivity (Wildman–Crippen MR) is 60.7 cm³/mol. The van der Waals surface area contributed by atoms with Gasteiger partial charge in [-0.15, -0.1) is 0 Å². The van der Waals surface area contributed by atoms with Crippen molar-refractivity contribution in [3.63, 3.8) is 0 Å². The van der Waals surface area contributed by atoms with Gasteiger partial charge in [-0.1, -0.05) is 0 Å². The fraction of sp³-hybridized carbons (Fsp3) is 0.500. The van der Waals surface area contributed by atoms with E-state index in [1.807, 2.05) is 6.07 Å². The van der Waals surface area contributed by atoms with Crippen LogP contribution in [-0.4, -0.2) is 25.3 Å². The highest BCUT2D eigenvalue weighted by atomic mass is 16.5. The largest absolute Gasteiger partial charge is 0.508 e. The van der Waals surface area contributed by atoms with Crippen LogP contribution < -0.4 is 9.64 Å². The molecule has 1 heterocycles. The molecule has 0 aromatic heterocycles. The van der Waals surface area contributed by atoms with E-state index in [0.717, 1.165) is 24.5 Å². The van der Waals surface area contributed by atoms with E-state index in [4.69, 9.17) is 4.74 Å². The number of nitrogens with zero attached hydrogens (tertiary/aromatic N) is 1. The second-order valence-electron chi connectivity index (χ2n) is 3.94. The number of hydrogen-bond donors (Lipinski definition) is 1. The number of aromatic hydroxyl groups is 1. The minimum atomic E-state index is 0.273. The molecule has 1 saturated heterocycles. The number of rotatable bonds is 2. The smallest absolute Gasteiger partial charge is 0.124 e. The molecule has 3 heteroatoms. The first-order valence-electron chi connectivity index (χ1n) is 5.42. The average Bonchev–Trinajstić information content (AvgIpc) is 2.29. The summed E-state index contributed by atoms with van der Waals surface area (Å²) in [4.78, 5) is 2.30. The zero-order valence-electron chi connectivity index (χ0n) is 9.07. The summed E-state index contributed by atoms with van der Waals surface area (Å²) in [5.41, 5.74) is 1.06. The average molecular weight is 207 g/mol. The Bertz CT molecular complexity index is 332. The molecular weight excluding hydrogens is 190 g/mol. The van der Waals surface area contributed by atoms with Gasteiger partial charge in [-0.3, -0.25) is 0 Å². The van der Waals surface area contributed by atoms with E-state index in [0.29, 0.717) is 0 Å². The van der Waals surface area contributed by atoms with Gasteiger partial charge in [0.2, 0.25) is 0 Å². The van der Waals surface area contributed by atoms with Gasteiger partial charge < -0.3 is 14.7 Å². The molecule has 1 aliphatic rings. The molecule has 15 heavy (non-hydrogen) atoms. The van der Waals surface area contributed by atoms with Crippen LogP contribution in [0.4, 0.5) is 5.69 Å². The van der Waals surface area contributed by atoms with Gasteiger partial charge in [-0.2, -0.15) is 0 Å². The number of anilines is 1. The molecule has 0 amide bonds. The van der Waals surface area contributed by atoms with E-state index in [1.165, 1.54) is 19.3 Å². The molecule has 1 aromatic carbocycles. The summed E-state index contributed by atoms with van der Waals surface area (Å²) < 4.78 is 5.14. The van der Waals surface area contributed by atoms with E-state index < -0.39 is 0 Å². The number of phenolic OH excluding ortho intramolecular Hbond substituents is 1. The van der Waals surface area contributed by atoms with Crippen LogP contribution in [0.2, 0.25) is 0 Å². The second kappa shape index (κ2) is 4.43. The van der Waals surface area contributed by atoms with Gasteiger partial charge in [-0.05, 0) is 19.3 Å². The summed E-state index contributed by atoms with van der Waals surface area (Å²) in [5.74, 6) is 0.991. The van der Waals surface area contributed by atoms with E-state index >= 15 is 0 Å². The quantitative estimate of drug-likeness (QED) is 0.808. The number of hydrogen-bond acceptors (Lipinski definition) is 3. The molecule has 0 aliphatic carbocycles. The van der Waals surface area contributed by atoms with Crippen LogP contribution in [0.1, 0.15) is 19.3 Å². The molecule has 0 spiro atoms. The molecule has 1 aromatic rings. The van der Waals surface area contributed by atoms with Gasteiger partial charge in [0.1, 0.15) is 11.5 Å². The minimum absolute atomic E-state index is 0.273. The first kappa shape index (κ1) is 10.1. The molecule has 0 bridgehead atoms. The first-order valence-corrected chi connectivity index (χ1v) is 5.42. The Labute approximate surface area is 90.3 Å². The molecule has 1 fully saturated rings. The lowest BCUT2D eigenvalue weighted by Crippen LogP contribution is -2.29. The van der Waals surface area contributed by atoms with Crippen LogP contribution in [0.25, 0.3) is 0 Å². The van der Waals surface area contributed by atoms with Crippen molar-refractivity contribution in [1.82, 2.24) is 0 Å². The molecular formula is C12H17NO2. The maximum absolute atomic E-state index is 9.55. The van der Waals surface area contributed by atoms with Gasteiger partial charge in [0.25, 0.3) is 0 Å². The maximum Gasteiger partial charge on any atom is 0.124 e. The Morgan fingerprint density at radius 1 is 1.13 bits per heavy atom. The molecule has 0 unspecified atom stereocenters. The standard InChI is InChI=1S/C12H17NO2/c1-15-12-8-10(7-11(14)9-12)13-5-3-2-4-6-13/h7-9,14H,2-6H2,1H3. The fourth-order valence-electron chi connectivity index (χ4n) is 2.02. The zero-order valence-corrected chi connectivity index (χ0v) is 9.07. The summed E-state index contributed by atoms with van der Waals surface area (Å²) in [7, 11) is 1.62. The summed E-state index contributed by atoms with van der Waals surface area (Å²) in [6.45, 7) is 2.15. The van der Waals surface area contributed by atoms with E-state index in [9.17, 15) is 5.11 Å². The lowest BCUT2D eigenvalue weighted by atomic mass is 10.1. The molecule has 0 saturated carbocycles. The normalized spacial score (nSPS) is 16.5. The van der Waals surface area contributed by atoms with Crippen LogP contribution in [0, 0.1) is 0 Å². The first-order chi connectivity index (χ1) is 7.29. The van der Waals surface area contributed by atoms with Gasteiger partial charge >= 0.3 is 0 Å². The highest BCUT2D eigenvalue weighted by molar-refractivity contribution is 5.55. The molecule has 3 nitrogen and oxygen atoms in total. The molecule has 2 rings (SSSR count). The van der Waals surface area contributed by atoms with E-state index in [1.54, 1.807) is 19.2 Å². The SMILES string of the molecule is COc1cc(O)cc(N2CCCCC2)c1. The van der Waals surface area contributed by atoms with Crippen LogP contribution in [0.15, 0.2) is 18.2 Å². The van der Waals surface area contributed by atoms with Crippen LogP contribution >= 0.6 is 0 Å². The zero-order chi connectivity index (χ0) is 10.7. The topological polar surface area (TPSA) is 32.7 Å². The summed E-state index contributed by atoms with van der Waals surface area (Å²) in [6.07, 6.45) is 3.78. The molecule has 0 atom stereocenters. The third kappa shape index (κ3) is 2.35. The molecule has 1 N–H and O–H groups in total. The Hall–Kier alpha value is -1.38. The van der Waals surface area contributed by atoms with Crippen molar-refractivity contribution in [2.75, 3.05) is 25.1 Å². The third-order valence-electron chi connectivity index (χ3n) is 2.83. The molecule has 1 aliphatic heterocycles. The molecule has 82 valence electrons. The van der Waals surface area contributed by atoms with Crippen molar-refractivity contribution < 1.29 is 9.84 Å². The van der Waals surface area contributed by atoms with Crippen LogP contribution in [0.3, 0.4) is 0 Å². The third-order valence-corrected chi connectivity index (χ3v) is 2.83. The minimum Gasteiger partial charge on any atom is -0.508 e. The van der Waals surface area contributed by atoms with Gasteiger partial charge in [0, 0.05) is 37.0 Å². The van der Waals surface area contributed by atoms with Crippen molar-refractivity contribution >= 4 is 5.69 Å². The number of benzene rings is 1. The Balaban J connectivity index is 2.22. The monoisotopic (exact) mass is 207 g/mol. The summed E-state index contributed by atoms with van der Waals surface area (Å²) in [6, 6.07) is 5.41. The maximum atomic E-state index is 9.55. The van der Waals surface area contributed by atoms with Gasteiger partial charge in [0.15, 0.2) is 0 Å². The van der Waals surface area contributed by atoms with Crippen molar-refractivity contribution in [3.8, 4) is 11.5 Å². The Morgan fingerprint density at radius 2 is 1.87 bits per heavy atom. The lowest BCUT2D eigenvalue weighted by molar-refractivity contribution is 0.407. The summed E-state index contributed by atoms with van der Waals surface area (Å²) >= 11 is 0. The van der Waals surface area contributed by atoms with Crippen molar-refractivity contribution in [2.45, 2.75) is 19.3 Å². The number of methoxy groups -OCH3 is 1. The van der Waals surface area contributed by atoms with E-state index in [2.05, 4.69) is 4.90 Å². The fourth-order valence-corrected chi connectivity index (χ4v) is 2.02.